The molecule has 0 saturated heterocycles. The maximum Gasteiger partial charge on any atom is 0.345 e. The highest BCUT2D eigenvalue weighted by molar-refractivity contribution is 7.99. The number of hydrogen-bond acceptors (Lipinski definition) is 3. The fraction of sp³-hybridized carbons (Fsp3) is 0.444. The van der Waals surface area contributed by atoms with E-state index in [0.29, 0.717) is 10.8 Å². The zero-order valence-corrected chi connectivity index (χ0v) is 9.24. The molecule has 1 aromatic rings. The van der Waals surface area contributed by atoms with Crippen LogP contribution >= 0.6 is 23.1 Å². The number of carboxylic acids is 1. The van der Waals surface area contributed by atoms with Crippen molar-refractivity contribution in [3.63, 3.8) is 0 Å². The summed E-state index contributed by atoms with van der Waals surface area (Å²) in [5, 5.41) is 10.6. The molecule has 13 heavy (non-hydrogen) atoms. The number of rotatable bonds is 4. The van der Waals surface area contributed by atoms with Gasteiger partial charge in [0.1, 0.15) is 4.88 Å². The summed E-state index contributed by atoms with van der Waals surface area (Å²) in [6, 6.07) is 1.74. The first-order valence-electron chi connectivity index (χ1n) is 4.04. The molecule has 0 aromatic carbocycles. The zero-order chi connectivity index (χ0) is 9.84. The summed E-state index contributed by atoms with van der Waals surface area (Å²) >= 11 is 3.00. The Morgan fingerprint density at radius 2 is 2.38 bits per heavy atom. The van der Waals surface area contributed by atoms with E-state index in [2.05, 4.69) is 13.8 Å². The van der Waals surface area contributed by atoms with Crippen molar-refractivity contribution in [2.75, 3.05) is 5.75 Å². The number of carbonyl (C=O) groups is 1. The normalized spacial score (nSPS) is 10.7. The summed E-state index contributed by atoms with van der Waals surface area (Å²) in [6.45, 7) is 4.30. The molecule has 0 amide bonds. The summed E-state index contributed by atoms with van der Waals surface area (Å²) < 4.78 is 0. The highest BCUT2D eigenvalue weighted by Crippen LogP contribution is 2.26. The second-order valence-electron chi connectivity index (χ2n) is 3.16. The van der Waals surface area contributed by atoms with Gasteiger partial charge in [0, 0.05) is 16.0 Å². The number of aromatic carboxylic acids is 1. The Labute approximate surface area is 86.0 Å². The van der Waals surface area contributed by atoms with Crippen LogP contribution in [0.25, 0.3) is 0 Å². The van der Waals surface area contributed by atoms with Crippen LogP contribution in [0.1, 0.15) is 23.5 Å². The van der Waals surface area contributed by atoms with Crippen LogP contribution in [-0.4, -0.2) is 16.8 Å². The van der Waals surface area contributed by atoms with Gasteiger partial charge in [0.25, 0.3) is 0 Å². The van der Waals surface area contributed by atoms with Crippen LogP contribution in [0.5, 0.6) is 0 Å². The van der Waals surface area contributed by atoms with Crippen LogP contribution < -0.4 is 0 Å². The van der Waals surface area contributed by atoms with E-state index in [-0.39, 0.29) is 0 Å². The van der Waals surface area contributed by atoms with Gasteiger partial charge in [0.05, 0.1) is 0 Å². The number of carboxylic acid groups (broad SMARTS) is 1. The molecule has 0 bridgehead atoms. The SMILES string of the molecule is CC(C)CSc1csc(C(=O)O)c1. The van der Waals surface area contributed by atoms with E-state index < -0.39 is 5.97 Å². The molecule has 1 N–H and O–H groups in total. The van der Waals surface area contributed by atoms with E-state index in [1.807, 2.05) is 5.38 Å². The third-order valence-corrected chi connectivity index (χ3v) is 3.84. The van der Waals surface area contributed by atoms with Crippen LogP contribution in [0.3, 0.4) is 0 Å². The highest BCUT2D eigenvalue weighted by atomic mass is 32.2. The lowest BCUT2D eigenvalue weighted by molar-refractivity contribution is 0.0702. The van der Waals surface area contributed by atoms with Crippen molar-refractivity contribution >= 4 is 29.1 Å². The summed E-state index contributed by atoms with van der Waals surface area (Å²) in [5.41, 5.74) is 0. The molecule has 0 atom stereocenters. The minimum absolute atomic E-state index is 0.422. The Bertz CT molecular complexity index is 292. The maximum absolute atomic E-state index is 10.6. The van der Waals surface area contributed by atoms with Gasteiger partial charge in [0.15, 0.2) is 0 Å². The van der Waals surface area contributed by atoms with Gasteiger partial charge in [0.2, 0.25) is 0 Å². The average Bonchev–Trinajstić information content (AvgIpc) is 2.48. The van der Waals surface area contributed by atoms with Crippen molar-refractivity contribution in [1.82, 2.24) is 0 Å². The predicted octanol–water partition coefficient (Wildman–Crippen LogP) is 3.19. The third-order valence-electron chi connectivity index (χ3n) is 1.37. The first-order valence-corrected chi connectivity index (χ1v) is 5.90. The summed E-state index contributed by atoms with van der Waals surface area (Å²) in [5.74, 6) is 0.843. The molecular formula is C9H12O2S2. The van der Waals surface area contributed by atoms with Crippen LogP contribution in [0.4, 0.5) is 0 Å². The molecule has 2 nitrogen and oxygen atoms in total. The van der Waals surface area contributed by atoms with Crippen LogP contribution in [0, 0.1) is 5.92 Å². The van der Waals surface area contributed by atoms with Crippen molar-refractivity contribution in [3.8, 4) is 0 Å². The van der Waals surface area contributed by atoms with Gasteiger partial charge in [-0.15, -0.1) is 23.1 Å². The topological polar surface area (TPSA) is 37.3 Å². The second-order valence-corrected chi connectivity index (χ2v) is 5.16. The lowest BCUT2D eigenvalue weighted by Gasteiger charge is -2.00. The van der Waals surface area contributed by atoms with Gasteiger partial charge in [-0.3, -0.25) is 0 Å². The maximum atomic E-state index is 10.6. The molecule has 0 radical (unpaired) electrons. The fourth-order valence-electron chi connectivity index (χ4n) is 0.770. The molecule has 72 valence electrons. The molecule has 0 aliphatic heterocycles. The number of hydrogen-bond donors (Lipinski definition) is 1. The molecule has 0 aliphatic carbocycles. The lowest BCUT2D eigenvalue weighted by Crippen LogP contribution is -1.91. The van der Waals surface area contributed by atoms with Crippen LogP contribution in [0.15, 0.2) is 16.3 Å². The Hall–Kier alpha value is -0.480. The minimum atomic E-state index is -0.832. The van der Waals surface area contributed by atoms with E-state index in [4.69, 9.17) is 5.11 Å². The third kappa shape index (κ3) is 3.40. The largest absolute Gasteiger partial charge is 0.477 e. The molecule has 0 unspecified atom stereocenters. The van der Waals surface area contributed by atoms with Crippen molar-refractivity contribution < 1.29 is 9.90 Å². The minimum Gasteiger partial charge on any atom is -0.477 e. The van der Waals surface area contributed by atoms with Crippen molar-refractivity contribution in [2.45, 2.75) is 18.7 Å². The molecule has 0 spiro atoms. The quantitative estimate of drug-likeness (QED) is 0.785. The number of thiophene rings is 1. The van der Waals surface area contributed by atoms with Crippen molar-refractivity contribution in [3.05, 3.63) is 16.3 Å². The van der Waals surface area contributed by atoms with E-state index in [0.717, 1.165) is 10.6 Å². The van der Waals surface area contributed by atoms with Gasteiger partial charge in [-0.25, -0.2) is 4.79 Å². The lowest BCUT2D eigenvalue weighted by atomic mass is 10.3. The number of thioether (sulfide) groups is 1. The molecular weight excluding hydrogens is 204 g/mol. The van der Waals surface area contributed by atoms with E-state index in [9.17, 15) is 4.79 Å². The van der Waals surface area contributed by atoms with E-state index >= 15 is 0 Å². The van der Waals surface area contributed by atoms with Gasteiger partial charge < -0.3 is 5.11 Å². The molecule has 1 rings (SSSR count). The van der Waals surface area contributed by atoms with Crippen molar-refractivity contribution in [2.24, 2.45) is 5.92 Å². The van der Waals surface area contributed by atoms with E-state index in [1.165, 1.54) is 11.3 Å². The molecule has 1 heterocycles. The average molecular weight is 216 g/mol. The molecule has 0 fully saturated rings. The standard InChI is InChI=1S/C9H12O2S2/c1-6(2)4-12-7-3-8(9(10)11)13-5-7/h3,5-6H,4H2,1-2H3,(H,10,11). The molecule has 1 aromatic heterocycles. The monoisotopic (exact) mass is 216 g/mol. The van der Waals surface area contributed by atoms with Gasteiger partial charge in [-0.05, 0) is 12.0 Å². The first kappa shape index (κ1) is 10.6. The van der Waals surface area contributed by atoms with Crippen molar-refractivity contribution in [1.29, 1.82) is 0 Å². The zero-order valence-electron chi connectivity index (χ0n) is 7.61. The Morgan fingerprint density at radius 1 is 1.69 bits per heavy atom. The molecule has 0 aliphatic rings. The van der Waals surface area contributed by atoms with Crippen LogP contribution in [-0.2, 0) is 0 Å². The van der Waals surface area contributed by atoms with E-state index in [1.54, 1.807) is 17.8 Å². The fourth-order valence-corrected chi connectivity index (χ4v) is 2.59. The second kappa shape index (κ2) is 4.67. The summed E-state index contributed by atoms with van der Waals surface area (Å²) in [6.07, 6.45) is 0. The Morgan fingerprint density at radius 3 is 2.85 bits per heavy atom. The van der Waals surface area contributed by atoms with Crippen LogP contribution in [0.2, 0.25) is 0 Å². The van der Waals surface area contributed by atoms with Gasteiger partial charge >= 0.3 is 5.97 Å². The highest BCUT2D eigenvalue weighted by Gasteiger charge is 2.07. The van der Waals surface area contributed by atoms with Gasteiger partial charge in [-0.1, -0.05) is 13.8 Å². The molecule has 4 heteroatoms. The summed E-state index contributed by atoms with van der Waals surface area (Å²) in [7, 11) is 0. The summed E-state index contributed by atoms with van der Waals surface area (Å²) in [4.78, 5) is 12.0. The molecule has 0 saturated carbocycles. The smallest absolute Gasteiger partial charge is 0.345 e. The first-order chi connectivity index (χ1) is 6.09. The Kier molecular flexibility index (Phi) is 3.81. The Balaban J connectivity index is 2.54. The predicted molar refractivity (Wildman–Crippen MR) is 56.8 cm³/mol. The van der Waals surface area contributed by atoms with Gasteiger partial charge in [-0.2, -0.15) is 0 Å².